The normalized spacial score (nSPS) is 17.1. The van der Waals surface area contributed by atoms with E-state index >= 15 is 0 Å². The SMILES string of the molecule is CCCC(C)(C/C=C(/C)N)OCO. The molecule has 0 amide bonds. The van der Waals surface area contributed by atoms with E-state index in [0.29, 0.717) is 0 Å². The maximum Gasteiger partial charge on any atom is 0.144 e. The topological polar surface area (TPSA) is 55.5 Å². The molecular weight excluding hydrogens is 166 g/mol. The van der Waals surface area contributed by atoms with Gasteiger partial charge in [-0.25, -0.2) is 0 Å². The number of ether oxygens (including phenoxy) is 1. The lowest BCUT2D eigenvalue weighted by molar-refractivity contribution is -0.109. The number of aliphatic hydroxyl groups is 1. The fourth-order valence-electron chi connectivity index (χ4n) is 1.29. The van der Waals surface area contributed by atoms with Gasteiger partial charge in [0.25, 0.3) is 0 Å². The van der Waals surface area contributed by atoms with Crippen molar-refractivity contribution in [3.63, 3.8) is 0 Å². The largest absolute Gasteiger partial charge is 0.403 e. The number of hydrogen-bond acceptors (Lipinski definition) is 3. The van der Waals surface area contributed by atoms with E-state index in [1.54, 1.807) is 0 Å². The molecule has 13 heavy (non-hydrogen) atoms. The molecule has 78 valence electrons. The van der Waals surface area contributed by atoms with E-state index < -0.39 is 0 Å². The molecule has 0 aromatic heterocycles. The Morgan fingerprint density at radius 1 is 1.62 bits per heavy atom. The average Bonchev–Trinajstić information content (AvgIpc) is 2.02. The van der Waals surface area contributed by atoms with Crippen molar-refractivity contribution < 1.29 is 9.84 Å². The predicted molar refractivity (Wildman–Crippen MR) is 54.0 cm³/mol. The minimum Gasteiger partial charge on any atom is -0.403 e. The lowest BCUT2D eigenvalue weighted by Gasteiger charge is -2.27. The third-order valence-corrected chi connectivity index (χ3v) is 2.05. The summed E-state index contributed by atoms with van der Waals surface area (Å²) in [6.07, 6.45) is 4.65. The summed E-state index contributed by atoms with van der Waals surface area (Å²) in [5, 5.41) is 8.72. The van der Waals surface area contributed by atoms with Crippen LogP contribution in [0.4, 0.5) is 0 Å². The van der Waals surface area contributed by atoms with E-state index in [4.69, 9.17) is 15.6 Å². The second kappa shape index (κ2) is 6.00. The number of allylic oxidation sites excluding steroid dienone is 1. The molecule has 3 nitrogen and oxygen atoms in total. The number of rotatable bonds is 6. The van der Waals surface area contributed by atoms with Crippen molar-refractivity contribution in [3.05, 3.63) is 11.8 Å². The molecule has 1 unspecified atom stereocenters. The fraction of sp³-hybridized carbons (Fsp3) is 0.800. The third-order valence-electron chi connectivity index (χ3n) is 2.05. The monoisotopic (exact) mass is 187 g/mol. The lowest BCUT2D eigenvalue weighted by Crippen LogP contribution is -2.28. The Morgan fingerprint density at radius 2 is 2.23 bits per heavy atom. The van der Waals surface area contributed by atoms with Gasteiger partial charge >= 0.3 is 0 Å². The molecule has 0 aliphatic carbocycles. The van der Waals surface area contributed by atoms with Crippen molar-refractivity contribution in [1.29, 1.82) is 0 Å². The third kappa shape index (κ3) is 5.66. The van der Waals surface area contributed by atoms with Crippen molar-refractivity contribution >= 4 is 0 Å². The summed E-state index contributed by atoms with van der Waals surface area (Å²) < 4.78 is 5.28. The summed E-state index contributed by atoms with van der Waals surface area (Å²) in [6, 6.07) is 0. The van der Waals surface area contributed by atoms with Crippen molar-refractivity contribution in [2.45, 2.75) is 45.6 Å². The van der Waals surface area contributed by atoms with Gasteiger partial charge in [0.15, 0.2) is 0 Å². The second-order valence-electron chi connectivity index (χ2n) is 3.63. The Kier molecular flexibility index (Phi) is 5.75. The smallest absolute Gasteiger partial charge is 0.144 e. The first-order chi connectivity index (χ1) is 6.04. The van der Waals surface area contributed by atoms with E-state index in [1.807, 2.05) is 19.9 Å². The van der Waals surface area contributed by atoms with Gasteiger partial charge in [-0.2, -0.15) is 0 Å². The maximum atomic E-state index is 8.72. The summed E-state index contributed by atoms with van der Waals surface area (Å²) in [5.41, 5.74) is 6.06. The fourth-order valence-corrected chi connectivity index (χ4v) is 1.29. The van der Waals surface area contributed by atoms with Crippen LogP contribution >= 0.6 is 0 Å². The number of aliphatic hydroxyl groups excluding tert-OH is 1. The van der Waals surface area contributed by atoms with Crippen molar-refractivity contribution in [2.75, 3.05) is 6.79 Å². The van der Waals surface area contributed by atoms with Gasteiger partial charge in [0.05, 0.1) is 5.60 Å². The number of hydrogen-bond donors (Lipinski definition) is 2. The van der Waals surface area contributed by atoms with Crippen LogP contribution in [0.25, 0.3) is 0 Å². The molecule has 3 N–H and O–H groups in total. The zero-order valence-electron chi connectivity index (χ0n) is 8.84. The molecule has 0 aliphatic rings. The Bertz CT molecular complexity index is 156. The van der Waals surface area contributed by atoms with Gasteiger partial charge in [-0.1, -0.05) is 19.4 Å². The van der Waals surface area contributed by atoms with Crippen LogP contribution in [0.1, 0.15) is 40.0 Å². The highest BCUT2D eigenvalue weighted by atomic mass is 16.6. The average molecular weight is 187 g/mol. The summed E-state index contributed by atoms with van der Waals surface area (Å²) in [6.45, 7) is 5.71. The molecule has 0 saturated carbocycles. The minimum atomic E-state index is -0.274. The molecule has 0 aromatic carbocycles. The molecule has 0 bridgehead atoms. The van der Waals surface area contributed by atoms with Crippen LogP contribution in [0.3, 0.4) is 0 Å². The predicted octanol–water partition coefficient (Wildman–Crippen LogP) is 1.76. The van der Waals surface area contributed by atoms with Crippen molar-refractivity contribution in [1.82, 2.24) is 0 Å². The van der Waals surface area contributed by atoms with Gasteiger partial charge in [-0.15, -0.1) is 0 Å². The molecule has 0 fully saturated rings. The van der Waals surface area contributed by atoms with Gasteiger partial charge < -0.3 is 15.6 Å². The maximum absolute atomic E-state index is 8.72. The van der Waals surface area contributed by atoms with Crippen LogP contribution in [0.2, 0.25) is 0 Å². The highest BCUT2D eigenvalue weighted by molar-refractivity contribution is 4.96. The van der Waals surface area contributed by atoms with Crippen LogP contribution in [0.5, 0.6) is 0 Å². The van der Waals surface area contributed by atoms with Gasteiger partial charge in [0.1, 0.15) is 6.79 Å². The molecule has 0 aromatic rings. The first-order valence-corrected chi connectivity index (χ1v) is 4.71. The molecule has 1 atom stereocenters. The quantitative estimate of drug-likeness (QED) is 0.623. The van der Waals surface area contributed by atoms with Crippen molar-refractivity contribution in [3.8, 4) is 0 Å². The van der Waals surface area contributed by atoms with Gasteiger partial charge in [0, 0.05) is 5.70 Å². The standard InChI is InChI=1S/C10H21NO2/c1-4-6-10(3,13-8-12)7-5-9(2)11/h5,12H,4,6-8,11H2,1-3H3/b9-5-. The van der Waals surface area contributed by atoms with Gasteiger partial charge in [-0.05, 0) is 26.7 Å². The van der Waals surface area contributed by atoms with Crippen molar-refractivity contribution in [2.24, 2.45) is 5.73 Å². The molecule has 0 aliphatic heterocycles. The van der Waals surface area contributed by atoms with E-state index in [2.05, 4.69) is 6.92 Å². The van der Waals surface area contributed by atoms with E-state index in [0.717, 1.165) is 25.0 Å². The molecule has 0 rings (SSSR count). The van der Waals surface area contributed by atoms with Crippen LogP contribution in [-0.2, 0) is 4.74 Å². The van der Waals surface area contributed by atoms with E-state index in [9.17, 15) is 0 Å². The molecule has 0 saturated heterocycles. The zero-order valence-corrected chi connectivity index (χ0v) is 8.84. The molecule has 0 radical (unpaired) electrons. The summed E-state index contributed by atoms with van der Waals surface area (Å²) in [7, 11) is 0. The van der Waals surface area contributed by atoms with Gasteiger partial charge in [-0.3, -0.25) is 0 Å². The highest BCUT2D eigenvalue weighted by Crippen LogP contribution is 2.22. The van der Waals surface area contributed by atoms with Gasteiger partial charge in [0.2, 0.25) is 0 Å². The summed E-state index contributed by atoms with van der Waals surface area (Å²) in [4.78, 5) is 0. The Balaban J connectivity index is 4.14. The van der Waals surface area contributed by atoms with Crippen LogP contribution in [-0.4, -0.2) is 17.5 Å². The molecule has 0 heterocycles. The zero-order chi connectivity index (χ0) is 10.3. The second-order valence-corrected chi connectivity index (χ2v) is 3.63. The van der Waals surface area contributed by atoms with Crippen LogP contribution in [0.15, 0.2) is 11.8 Å². The number of nitrogens with two attached hydrogens (primary N) is 1. The lowest BCUT2D eigenvalue weighted by atomic mass is 9.96. The molecular formula is C10H21NO2. The Hall–Kier alpha value is -0.540. The summed E-state index contributed by atoms with van der Waals surface area (Å²) in [5.74, 6) is 0. The Morgan fingerprint density at radius 3 is 2.62 bits per heavy atom. The van der Waals surface area contributed by atoms with Crippen LogP contribution in [0, 0.1) is 0 Å². The first kappa shape index (κ1) is 12.5. The summed E-state index contributed by atoms with van der Waals surface area (Å²) >= 11 is 0. The molecule has 0 spiro atoms. The van der Waals surface area contributed by atoms with Crippen LogP contribution < -0.4 is 5.73 Å². The highest BCUT2D eigenvalue weighted by Gasteiger charge is 2.22. The minimum absolute atomic E-state index is 0.228. The molecule has 3 heteroatoms. The Labute approximate surface area is 80.6 Å². The first-order valence-electron chi connectivity index (χ1n) is 4.71. The van der Waals surface area contributed by atoms with E-state index in [1.165, 1.54) is 0 Å². The van der Waals surface area contributed by atoms with E-state index in [-0.39, 0.29) is 12.4 Å².